The van der Waals surface area contributed by atoms with Crippen LogP contribution in [0.3, 0.4) is 0 Å². The molecular weight excluding hydrogens is 613 g/mol. The second kappa shape index (κ2) is 12.6. The second-order valence-electron chi connectivity index (χ2n) is 12.3. The summed E-state index contributed by atoms with van der Waals surface area (Å²) in [4.78, 5) is 17.5. The molecule has 7 aromatic rings. The second-order valence-corrected chi connectivity index (χ2v) is 12.3. The van der Waals surface area contributed by atoms with Crippen LogP contribution in [0.15, 0.2) is 146 Å². The first-order valence-electron chi connectivity index (χ1n) is 16.7. The van der Waals surface area contributed by atoms with Crippen molar-refractivity contribution < 1.29 is 0 Å². The van der Waals surface area contributed by atoms with Crippen LogP contribution in [0.25, 0.3) is 68.6 Å². The Morgan fingerprint density at radius 3 is 1.20 bits per heavy atom. The van der Waals surface area contributed by atoms with Crippen LogP contribution < -0.4 is 10.6 Å². The molecule has 0 spiro atoms. The van der Waals surface area contributed by atoms with E-state index in [9.17, 15) is 0 Å². The first-order valence-corrected chi connectivity index (χ1v) is 16.7. The zero-order chi connectivity index (χ0) is 33.3. The number of nitrogens with zero attached hydrogens (tertiary/aromatic N) is 2. The van der Waals surface area contributed by atoms with Crippen molar-refractivity contribution in [3.05, 3.63) is 168 Å². The highest BCUT2D eigenvalue weighted by molar-refractivity contribution is 5.93. The van der Waals surface area contributed by atoms with Crippen molar-refractivity contribution >= 4 is 69.1 Å². The Kier molecular flexibility index (Phi) is 7.37. The van der Waals surface area contributed by atoms with Gasteiger partial charge in [-0.3, -0.25) is 0 Å². The topological polar surface area (TPSA) is 81.4 Å². The van der Waals surface area contributed by atoms with Crippen molar-refractivity contribution in [1.29, 1.82) is 0 Å². The molecule has 6 nitrogen and oxygen atoms in total. The van der Waals surface area contributed by atoms with E-state index in [1.165, 1.54) is 0 Å². The summed E-state index contributed by atoms with van der Waals surface area (Å²) in [6, 6.07) is 50.0. The lowest BCUT2D eigenvalue weighted by Crippen LogP contribution is -1.90. The predicted molar refractivity (Wildman–Crippen MR) is 209 cm³/mol. The van der Waals surface area contributed by atoms with Gasteiger partial charge in [0.25, 0.3) is 0 Å². The first-order chi connectivity index (χ1) is 24.7. The molecule has 0 saturated carbocycles. The lowest BCUT2D eigenvalue weighted by Gasteiger charge is -2.09. The van der Waals surface area contributed by atoms with Gasteiger partial charge in [-0.1, -0.05) is 60.7 Å². The van der Waals surface area contributed by atoms with E-state index in [4.69, 9.17) is 9.97 Å². The lowest BCUT2D eigenvalue weighted by atomic mass is 10.0. The number of H-pyrrole nitrogens is 2. The molecule has 0 amide bonds. The molecule has 3 aromatic heterocycles. The summed E-state index contributed by atoms with van der Waals surface area (Å²) in [7, 11) is 0. The van der Waals surface area contributed by atoms with E-state index >= 15 is 0 Å². The maximum Gasteiger partial charge on any atom is 0.0736 e. The summed E-state index contributed by atoms with van der Waals surface area (Å²) in [6.07, 6.45) is 8.33. The number of para-hydroxylation sites is 2. The fraction of sp³-hybridized carbons (Fsp3) is 0. The highest BCUT2D eigenvalue weighted by Crippen LogP contribution is 2.34. The molecule has 4 N–H and O–H groups in total. The van der Waals surface area contributed by atoms with Gasteiger partial charge in [0, 0.05) is 55.9 Å². The van der Waals surface area contributed by atoms with E-state index in [0.717, 1.165) is 89.8 Å². The summed E-state index contributed by atoms with van der Waals surface area (Å²) < 4.78 is 0. The number of anilines is 4. The summed E-state index contributed by atoms with van der Waals surface area (Å²) in [5.41, 5.74) is 15.8. The molecule has 4 aromatic carbocycles. The maximum atomic E-state index is 5.10. The number of hydrogen-bond donors (Lipinski definition) is 4. The van der Waals surface area contributed by atoms with Gasteiger partial charge in [-0.05, 0) is 120 Å². The van der Waals surface area contributed by atoms with Crippen LogP contribution in [-0.4, -0.2) is 19.9 Å². The Morgan fingerprint density at radius 2 is 0.780 bits per heavy atom. The Balaban J connectivity index is 1.16. The number of fused-ring (bicyclic) bond motifs is 8. The molecule has 9 rings (SSSR count). The van der Waals surface area contributed by atoms with Crippen LogP contribution in [-0.2, 0) is 0 Å². The van der Waals surface area contributed by atoms with Crippen molar-refractivity contribution in [1.82, 2.24) is 19.9 Å². The van der Waals surface area contributed by atoms with Gasteiger partial charge >= 0.3 is 0 Å². The van der Waals surface area contributed by atoms with Crippen LogP contribution in [0.2, 0.25) is 0 Å². The lowest BCUT2D eigenvalue weighted by molar-refractivity contribution is 1.31. The predicted octanol–water partition coefficient (Wildman–Crippen LogP) is 11.5. The van der Waals surface area contributed by atoms with Gasteiger partial charge in [-0.15, -0.1) is 0 Å². The third-order valence-corrected chi connectivity index (χ3v) is 8.87. The number of rotatable bonds is 6. The molecule has 0 atom stereocenters. The molecule has 50 heavy (non-hydrogen) atoms. The highest BCUT2D eigenvalue weighted by atomic mass is 14.9. The molecule has 0 fully saturated rings. The number of nitrogens with one attached hydrogen (secondary N) is 4. The standard InChI is InChI=1S/C44H32N6/c1-3-7-31(8-4-1)45-33-15-11-29(12-16-33)43-39-23-19-35(47-39)27-37-21-25-41(49-37)44(42-26-22-38(50-42)28-36-20-24-40(43)48-36)30-13-17-34(18-14-30)46-32-9-5-2-6-10-32/h1-28,45-47,50H. The quantitative estimate of drug-likeness (QED) is 0.145. The largest absolute Gasteiger partial charge is 0.356 e. The Morgan fingerprint density at radius 1 is 0.380 bits per heavy atom. The van der Waals surface area contributed by atoms with E-state index in [2.05, 4.69) is 154 Å². The third-order valence-electron chi connectivity index (χ3n) is 8.87. The number of aromatic nitrogens is 4. The zero-order valence-electron chi connectivity index (χ0n) is 27.1. The van der Waals surface area contributed by atoms with Crippen LogP contribution in [0, 0.1) is 0 Å². The van der Waals surface area contributed by atoms with Crippen molar-refractivity contribution in [2.45, 2.75) is 0 Å². The number of hydrogen-bond acceptors (Lipinski definition) is 4. The van der Waals surface area contributed by atoms with Gasteiger partial charge in [0.15, 0.2) is 0 Å². The van der Waals surface area contributed by atoms with E-state index in [0.29, 0.717) is 0 Å². The molecule has 0 unspecified atom stereocenters. The molecule has 0 radical (unpaired) electrons. The minimum Gasteiger partial charge on any atom is -0.356 e. The smallest absolute Gasteiger partial charge is 0.0736 e. The molecule has 0 aliphatic carbocycles. The van der Waals surface area contributed by atoms with Crippen molar-refractivity contribution in [3.8, 4) is 22.3 Å². The third kappa shape index (κ3) is 5.98. The fourth-order valence-electron chi connectivity index (χ4n) is 6.50. The molecular formula is C44H32N6. The molecule has 8 bridgehead atoms. The van der Waals surface area contributed by atoms with Gasteiger partial charge in [0.2, 0.25) is 0 Å². The molecule has 2 aliphatic heterocycles. The van der Waals surface area contributed by atoms with Crippen LogP contribution in [0.4, 0.5) is 22.7 Å². The summed E-state index contributed by atoms with van der Waals surface area (Å²) >= 11 is 0. The molecule has 5 heterocycles. The maximum absolute atomic E-state index is 5.10. The molecule has 238 valence electrons. The Bertz CT molecular complexity index is 2380. The average molecular weight is 645 g/mol. The molecule has 0 saturated heterocycles. The van der Waals surface area contributed by atoms with Crippen LogP contribution in [0.5, 0.6) is 0 Å². The van der Waals surface area contributed by atoms with Crippen LogP contribution >= 0.6 is 0 Å². The zero-order valence-corrected chi connectivity index (χ0v) is 27.1. The van der Waals surface area contributed by atoms with Gasteiger partial charge in [0.05, 0.1) is 22.8 Å². The highest BCUT2D eigenvalue weighted by Gasteiger charge is 2.14. The minimum absolute atomic E-state index is 0.880. The summed E-state index contributed by atoms with van der Waals surface area (Å²) in [5.74, 6) is 0. The number of aromatic amines is 2. The van der Waals surface area contributed by atoms with E-state index in [1.807, 2.05) is 36.4 Å². The van der Waals surface area contributed by atoms with Gasteiger partial charge in [-0.2, -0.15) is 0 Å². The monoisotopic (exact) mass is 644 g/mol. The van der Waals surface area contributed by atoms with Crippen LogP contribution in [0.1, 0.15) is 22.8 Å². The average Bonchev–Trinajstić information content (AvgIpc) is 3.98. The Labute approximate surface area is 289 Å². The first kappa shape index (κ1) is 29.2. The van der Waals surface area contributed by atoms with Gasteiger partial charge in [0.1, 0.15) is 0 Å². The minimum atomic E-state index is 0.880. The summed E-state index contributed by atoms with van der Waals surface area (Å²) in [6.45, 7) is 0. The Hall–Kier alpha value is -6.92. The van der Waals surface area contributed by atoms with Gasteiger partial charge in [-0.25, -0.2) is 9.97 Å². The molecule has 2 aliphatic rings. The van der Waals surface area contributed by atoms with Crippen molar-refractivity contribution in [2.24, 2.45) is 0 Å². The number of benzene rings is 4. The SMILES string of the molecule is C1=Cc2nc1cc1ccc([nH]1)c(-c1ccc(Nc3ccccc3)cc1)c1nc(cc3ccc([nH]3)c2-c2ccc(Nc3ccccc3)cc2)C=C1. The fourth-order valence-corrected chi connectivity index (χ4v) is 6.50. The normalized spacial score (nSPS) is 11.8. The van der Waals surface area contributed by atoms with Crippen molar-refractivity contribution in [2.75, 3.05) is 10.6 Å². The van der Waals surface area contributed by atoms with E-state index in [-0.39, 0.29) is 0 Å². The summed E-state index contributed by atoms with van der Waals surface area (Å²) in [5, 5.41) is 6.97. The van der Waals surface area contributed by atoms with Crippen molar-refractivity contribution in [3.63, 3.8) is 0 Å². The molecule has 6 heteroatoms. The van der Waals surface area contributed by atoms with Gasteiger partial charge < -0.3 is 20.6 Å². The van der Waals surface area contributed by atoms with E-state index in [1.54, 1.807) is 0 Å². The van der Waals surface area contributed by atoms with E-state index < -0.39 is 0 Å².